The van der Waals surface area contributed by atoms with Crippen LogP contribution in [0, 0.1) is 5.82 Å². The van der Waals surface area contributed by atoms with E-state index in [0.29, 0.717) is 26.2 Å². The summed E-state index contributed by atoms with van der Waals surface area (Å²) < 4.78 is 18.2. The number of likely N-dealkylation sites (N-methyl/N-ethyl adjacent to an activating group) is 1. The largest absolute Gasteiger partial charge is 0.383 e. The number of nitrogens with one attached hydrogen (secondary N) is 1. The molecule has 156 valence electrons. The molecule has 1 atom stereocenters. The van der Waals surface area contributed by atoms with Crippen LogP contribution in [0.2, 0.25) is 0 Å². The van der Waals surface area contributed by atoms with Crippen LogP contribution in [-0.4, -0.2) is 92.6 Å². The molecule has 0 radical (unpaired) electrons. The van der Waals surface area contributed by atoms with E-state index in [1.165, 1.54) is 12.1 Å². The minimum atomic E-state index is -0.297. The number of rotatable bonds is 9. The number of carbonyl (C=O) groups excluding carboxylic acids is 2. The molecule has 0 bridgehead atoms. The van der Waals surface area contributed by atoms with Gasteiger partial charge in [0.25, 0.3) is 0 Å². The predicted molar refractivity (Wildman–Crippen MR) is 105 cm³/mol. The maximum atomic E-state index is 13.3. The van der Waals surface area contributed by atoms with Crippen LogP contribution in [0.25, 0.3) is 0 Å². The molecule has 1 saturated heterocycles. The van der Waals surface area contributed by atoms with Crippen molar-refractivity contribution in [2.75, 3.05) is 60.0 Å². The van der Waals surface area contributed by atoms with Crippen molar-refractivity contribution >= 4 is 11.8 Å². The number of halogens is 1. The van der Waals surface area contributed by atoms with Gasteiger partial charge in [0.1, 0.15) is 5.82 Å². The van der Waals surface area contributed by atoms with E-state index in [1.807, 2.05) is 13.0 Å². The molecule has 28 heavy (non-hydrogen) atoms. The van der Waals surface area contributed by atoms with Crippen LogP contribution >= 0.6 is 0 Å². The Morgan fingerprint density at radius 3 is 2.64 bits per heavy atom. The van der Waals surface area contributed by atoms with Crippen LogP contribution < -0.4 is 5.32 Å². The quantitative estimate of drug-likeness (QED) is 0.620. The fourth-order valence-corrected chi connectivity index (χ4v) is 3.32. The number of benzene rings is 1. The Morgan fingerprint density at radius 1 is 1.29 bits per heavy atom. The third kappa shape index (κ3) is 6.85. The molecule has 2 rings (SSSR count). The molecule has 1 fully saturated rings. The lowest BCUT2D eigenvalue weighted by Crippen LogP contribution is -2.55. The second-order valence-corrected chi connectivity index (χ2v) is 7.16. The van der Waals surface area contributed by atoms with Gasteiger partial charge in [0, 0.05) is 53.4 Å². The van der Waals surface area contributed by atoms with Crippen LogP contribution in [-0.2, 0) is 20.9 Å². The summed E-state index contributed by atoms with van der Waals surface area (Å²) in [6, 6.07) is 6.05. The summed E-state index contributed by atoms with van der Waals surface area (Å²) in [7, 11) is 3.34. The Bertz CT molecular complexity index is 650. The summed E-state index contributed by atoms with van der Waals surface area (Å²) in [5.41, 5.74) is 0.771. The third-order valence-electron chi connectivity index (χ3n) is 4.99. The Morgan fingerprint density at radius 2 is 2.00 bits per heavy atom. The molecule has 8 heteroatoms. The number of carbonyl (C=O) groups is 2. The number of nitrogens with zero attached hydrogens (tertiary/aromatic N) is 3. The lowest BCUT2D eigenvalue weighted by molar-refractivity contribution is -0.136. The number of hydrogen-bond acceptors (Lipinski definition) is 5. The molecule has 0 saturated carbocycles. The molecule has 0 spiro atoms. The van der Waals surface area contributed by atoms with E-state index in [9.17, 15) is 14.0 Å². The van der Waals surface area contributed by atoms with Crippen LogP contribution in [0.15, 0.2) is 24.3 Å². The summed E-state index contributed by atoms with van der Waals surface area (Å²) in [4.78, 5) is 30.5. The lowest BCUT2D eigenvalue weighted by atomic mass is 10.1. The first-order valence-corrected chi connectivity index (χ1v) is 9.62. The van der Waals surface area contributed by atoms with E-state index in [4.69, 9.17) is 4.74 Å². The highest BCUT2D eigenvalue weighted by molar-refractivity contribution is 5.81. The molecule has 2 amide bonds. The van der Waals surface area contributed by atoms with Crippen molar-refractivity contribution < 1.29 is 18.7 Å². The minimum Gasteiger partial charge on any atom is -0.383 e. The van der Waals surface area contributed by atoms with Crippen molar-refractivity contribution in [2.24, 2.45) is 0 Å². The van der Waals surface area contributed by atoms with Crippen molar-refractivity contribution in [2.45, 2.75) is 19.5 Å². The number of hydrogen-bond donors (Lipinski definition) is 1. The van der Waals surface area contributed by atoms with Gasteiger partial charge in [-0.05, 0) is 24.6 Å². The van der Waals surface area contributed by atoms with E-state index < -0.39 is 0 Å². The van der Waals surface area contributed by atoms with E-state index >= 15 is 0 Å². The van der Waals surface area contributed by atoms with Crippen LogP contribution in [0.3, 0.4) is 0 Å². The number of methoxy groups -OCH3 is 1. The maximum absolute atomic E-state index is 13.3. The molecule has 1 unspecified atom stereocenters. The number of piperazine rings is 1. The van der Waals surface area contributed by atoms with Gasteiger partial charge in [-0.1, -0.05) is 12.1 Å². The normalized spacial score (nSPS) is 16.6. The Balaban J connectivity index is 1.76. The van der Waals surface area contributed by atoms with E-state index in [-0.39, 0.29) is 23.7 Å². The van der Waals surface area contributed by atoms with Gasteiger partial charge in [0.2, 0.25) is 11.8 Å². The number of ether oxygens (including phenoxy) is 1. The average Bonchev–Trinajstić information content (AvgIpc) is 2.67. The van der Waals surface area contributed by atoms with Crippen LogP contribution in [0.4, 0.5) is 4.39 Å². The van der Waals surface area contributed by atoms with Gasteiger partial charge in [0.05, 0.1) is 19.2 Å². The van der Waals surface area contributed by atoms with Gasteiger partial charge in [-0.25, -0.2) is 4.39 Å². The highest BCUT2D eigenvalue weighted by atomic mass is 19.1. The second kappa shape index (κ2) is 11.1. The zero-order chi connectivity index (χ0) is 20.5. The highest BCUT2D eigenvalue weighted by Crippen LogP contribution is 2.11. The molecular weight excluding hydrogens is 363 g/mol. The van der Waals surface area contributed by atoms with Gasteiger partial charge < -0.3 is 15.0 Å². The molecule has 1 heterocycles. The molecule has 1 aromatic rings. The SMILES string of the molecule is COCCNC(=O)CN1CCN(C(C)C(=O)N(C)Cc2cccc(F)c2)CC1. The molecule has 0 aromatic heterocycles. The molecule has 0 aliphatic carbocycles. The monoisotopic (exact) mass is 394 g/mol. The standard InChI is InChI=1S/C20H31FN4O3/c1-16(20(27)23(2)14-17-5-4-6-18(21)13-17)25-10-8-24(9-11-25)15-19(26)22-7-12-28-3/h4-6,13,16H,7-12,14-15H2,1-3H3,(H,22,26). The van der Waals surface area contributed by atoms with Gasteiger partial charge in [-0.3, -0.25) is 19.4 Å². The van der Waals surface area contributed by atoms with Gasteiger partial charge in [-0.2, -0.15) is 0 Å². The predicted octanol–water partition coefficient (Wildman–Crippen LogP) is 0.553. The zero-order valence-electron chi connectivity index (χ0n) is 17.0. The fraction of sp³-hybridized carbons (Fsp3) is 0.600. The maximum Gasteiger partial charge on any atom is 0.239 e. The van der Waals surface area contributed by atoms with Gasteiger partial charge in [-0.15, -0.1) is 0 Å². The summed E-state index contributed by atoms with van der Waals surface area (Å²) in [5.74, 6) is -0.298. The van der Waals surface area contributed by atoms with Crippen LogP contribution in [0.5, 0.6) is 0 Å². The average molecular weight is 394 g/mol. The molecular formula is C20H31FN4O3. The van der Waals surface area contributed by atoms with Crippen molar-refractivity contribution in [1.29, 1.82) is 0 Å². The molecule has 1 N–H and O–H groups in total. The first kappa shape index (κ1) is 22.3. The van der Waals surface area contributed by atoms with Crippen molar-refractivity contribution in [1.82, 2.24) is 20.0 Å². The Hall–Kier alpha value is -2.03. The second-order valence-electron chi connectivity index (χ2n) is 7.16. The summed E-state index contributed by atoms with van der Waals surface area (Å²) in [6.45, 7) is 6.59. The Labute approximate surface area is 166 Å². The van der Waals surface area contributed by atoms with E-state index in [2.05, 4.69) is 15.1 Å². The first-order valence-electron chi connectivity index (χ1n) is 9.62. The molecule has 1 aliphatic heterocycles. The van der Waals surface area contributed by atoms with Gasteiger partial charge >= 0.3 is 0 Å². The zero-order valence-corrected chi connectivity index (χ0v) is 17.0. The summed E-state index contributed by atoms with van der Waals surface area (Å²) >= 11 is 0. The smallest absolute Gasteiger partial charge is 0.239 e. The number of amides is 2. The lowest BCUT2D eigenvalue weighted by Gasteiger charge is -2.38. The topological polar surface area (TPSA) is 65.1 Å². The highest BCUT2D eigenvalue weighted by Gasteiger charge is 2.28. The van der Waals surface area contributed by atoms with E-state index in [1.54, 1.807) is 25.1 Å². The molecule has 7 nitrogen and oxygen atoms in total. The molecule has 1 aliphatic rings. The summed E-state index contributed by atoms with van der Waals surface area (Å²) in [6.07, 6.45) is 0. The van der Waals surface area contributed by atoms with Crippen molar-refractivity contribution in [3.05, 3.63) is 35.6 Å². The summed E-state index contributed by atoms with van der Waals surface area (Å²) in [5, 5.41) is 2.82. The van der Waals surface area contributed by atoms with Crippen molar-refractivity contribution in [3.63, 3.8) is 0 Å². The van der Waals surface area contributed by atoms with Crippen LogP contribution in [0.1, 0.15) is 12.5 Å². The van der Waals surface area contributed by atoms with Crippen molar-refractivity contribution in [3.8, 4) is 0 Å². The fourth-order valence-electron chi connectivity index (χ4n) is 3.32. The van der Waals surface area contributed by atoms with Gasteiger partial charge in [0.15, 0.2) is 0 Å². The Kier molecular flexibility index (Phi) is 8.82. The third-order valence-corrected chi connectivity index (χ3v) is 4.99. The van der Waals surface area contributed by atoms with E-state index in [0.717, 1.165) is 31.7 Å². The first-order chi connectivity index (χ1) is 13.4. The minimum absolute atomic E-state index is 0.00928. The molecule has 1 aromatic carbocycles.